The normalized spacial score (nSPS) is 21.4. The number of Topliss-reactive ketones (excluding diaryl/α,β-unsaturated/α-hetero) is 4. The first kappa shape index (κ1) is 117. The highest BCUT2D eigenvalue weighted by Gasteiger charge is 2.46. The van der Waals surface area contributed by atoms with Crippen LogP contribution in [0.25, 0.3) is 0 Å². The number of amides is 4. The maximum Gasteiger partial charge on any atom is 0.302 e. The molecule has 3 fully saturated rings. The number of esters is 3. The van der Waals surface area contributed by atoms with E-state index in [2.05, 4.69) is 21.3 Å². The lowest BCUT2D eigenvalue weighted by atomic mass is 9.70. The van der Waals surface area contributed by atoms with Gasteiger partial charge >= 0.3 is 17.9 Å². The van der Waals surface area contributed by atoms with Gasteiger partial charge in [-0.3, -0.25) is 52.7 Å². The van der Waals surface area contributed by atoms with E-state index >= 15 is 0 Å². The molecule has 3 saturated heterocycles. The number of nitrogens with one attached hydrogen (secondary N) is 4. The monoisotopic (exact) mass is 1910 g/mol. The van der Waals surface area contributed by atoms with Crippen LogP contribution in [0, 0.1) is 40.9 Å². The van der Waals surface area contributed by atoms with Crippen molar-refractivity contribution in [3.8, 4) is 11.5 Å². The van der Waals surface area contributed by atoms with E-state index < -0.39 is 47.9 Å². The molecule has 0 bridgehead atoms. The molecule has 136 heavy (non-hydrogen) atoms. The third-order valence-corrected chi connectivity index (χ3v) is 25.6. The summed E-state index contributed by atoms with van der Waals surface area (Å²) < 4.78 is 84.1. The summed E-state index contributed by atoms with van der Waals surface area (Å²) in [5.41, 5.74) is 2.83. The fourth-order valence-corrected chi connectivity index (χ4v) is 17.0. The van der Waals surface area contributed by atoms with E-state index in [1.807, 2.05) is 146 Å². The molecule has 0 aromatic heterocycles. The number of rotatable bonds is 65. The molecular weight excluding hydrogens is 1760 g/mol. The Morgan fingerprint density at radius 3 is 1.24 bits per heavy atom. The summed E-state index contributed by atoms with van der Waals surface area (Å²) in [6.07, 6.45) is 7.31. The lowest BCUT2D eigenvalue weighted by Crippen LogP contribution is -2.58. The maximum atomic E-state index is 14.1. The second kappa shape index (κ2) is 65.7. The Balaban J connectivity index is 0.000000794. The van der Waals surface area contributed by atoms with Crippen LogP contribution in [0.2, 0.25) is 0 Å². The number of anilines is 1. The Bertz CT molecular complexity index is 4010. The number of unbranched alkanes of at least 4 members (excludes halogenated alkanes) is 5. The van der Waals surface area contributed by atoms with E-state index in [4.69, 9.17) is 71.1 Å². The zero-order valence-corrected chi connectivity index (χ0v) is 82.7. The average Bonchev–Trinajstić information content (AvgIpc) is 0.749. The molecule has 0 radical (unpaired) electrons. The van der Waals surface area contributed by atoms with Crippen molar-refractivity contribution < 1.29 is 139 Å². The summed E-state index contributed by atoms with van der Waals surface area (Å²) in [7, 11) is 3.26. The lowest BCUT2D eigenvalue weighted by molar-refractivity contribution is -0.247. The van der Waals surface area contributed by atoms with Gasteiger partial charge < -0.3 is 108 Å². The molecule has 7 rings (SSSR count). The number of hydrogen-bond acceptors (Lipinski definition) is 29. The molecule has 0 spiro atoms. The van der Waals surface area contributed by atoms with Crippen LogP contribution in [0.4, 0.5) is 5.69 Å². The first-order chi connectivity index (χ1) is 65.3. The van der Waals surface area contributed by atoms with E-state index in [1.54, 1.807) is 20.3 Å². The highest BCUT2D eigenvalue weighted by Crippen LogP contribution is 2.45. The van der Waals surface area contributed by atoms with Crippen LogP contribution >= 0.6 is 0 Å². The van der Waals surface area contributed by atoms with Gasteiger partial charge in [-0.25, -0.2) is 0 Å². The zero-order chi connectivity index (χ0) is 99.8. The van der Waals surface area contributed by atoms with Crippen LogP contribution in [0.5, 0.6) is 11.5 Å². The highest BCUT2D eigenvalue weighted by atomic mass is 16.7. The predicted octanol–water partition coefficient (Wildman–Crippen LogP) is 12.6. The van der Waals surface area contributed by atoms with Crippen molar-refractivity contribution in [2.45, 2.75) is 292 Å². The zero-order valence-electron chi connectivity index (χ0n) is 82.7. The van der Waals surface area contributed by atoms with Crippen LogP contribution in [0.3, 0.4) is 0 Å². The Morgan fingerprint density at radius 2 is 0.816 bits per heavy atom. The SMILES string of the molecule is CC(=O)OCC1OC(O)C(NC=O)C(C)C1C.CC(=O)OCC1OC(O)C(NC=O)C(C)C1C.CCOCCCC(=O)CCC(CCC(=O)CCCOCC)(CCC(=O)CCCOCCOCCOCCOC1OC(COC(C)=O)C(C)C(C)C1NC(C)=O)CC(=O)CCCCCCCCC(=O)Nc1cc(CO)cc(COC(c2ccccc2)(c2ccc(OC)cc2)c2ccc(OC)cc2)c1. The minimum atomic E-state index is -1.08. The molecule has 15 unspecified atom stereocenters. The summed E-state index contributed by atoms with van der Waals surface area (Å²) in [6.45, 7) is 25.4. The number of aliphatic hydroxyl groups is 3. The maximum absolute atomic E-state index is 14.1. The molecule has 3 aliphatic rings. The molecule has 33 heteroatoms. The van der Waals surface area contributed by atoms with Gasteiger partial charge in [0, 0.05) is 124 Å². The van der Waals surface area contributed by atoms with E-state index in [1.165, 1.54) is 27.7 Å². The van der Waals surface area contributed by atoms with Gasteiger partial charge in [-0.2, -0.15) is 0 Å². The van der Waals surface area contributed by atoms with Gasteiger partial charge in [-0.05, 0) is 170 Å². The van der Waals surface area contributed by atoms with E-state index in [9.17, 15) is 68.1 Å². The van der Waals surface area contributed by atoms with Crippen LogP contribution in [0.15, 0.2) is 97.1 Å². The van der Waals surface area contributed by atoms with Crippen LogP contribution < -0.4 is 30.7 Å². The Kier molecular flexibility index (Phi) is 56.7. The summed E-state index contributed by atoms with van der Waals surface area (Å²) in [6, 6.07) is 29.9. The molecule has 0 saturated carbocycles. The van der Waals surface area contributed by atoms with Crippen molar-refractivity contribution in [3.05, 3.63) is 125 Å². The minimum Gasteiger partial charge on any atom is -0.497 e. The molecule has 7 N–H and O–H groups in total. The van der Waals surface area contributed by atoms with Crippen LogP contribution in [0.1, 0.15) is 246 Å². The van der Waals surface area contributed by atoms with Crippen molar-refractivity contribution in [2.75, 3.05) is 112 Å². The number of ketones is 4. The van der Waals surface area contributed by atoms with E-state index in [0.29, 0.717) is 172 Å². The van der Waals surface area contributed by atoms with E-state index in [-0.39, 0.29) is 185 Å². The number of carbonyl (C=O) groups excluding carboxylic acids is 11. The van der Waals surface area contributed by atoms with Crippen LogP contribution in [-0.4, -0.2) is 243 Å². The number of carbonyl (C=O) groups is 11. The van der Waals surface area contributed by atoms with Crippen molar-refractivity contribution >= 4 is 71.4 Å². The summed E-state index contributed by atoms with van der Waals surface area (Å²) in [5.74, 6) is 0.353. The van der Waals surface area contributed by atoms with E-state index in [0.717, 1.165) is 47.9 Å². The first-order valence-corrected chi connectivity index (χ1v) is 48.3. The molecule has 3 heterocycles. The number of ether oxygens (including phenoxy) is 15. The van der Waals surface area contributed by atoms with Crippen molar-refractivity contribution in [2.24, 2.45) is 40.9 Å². The molecule has 4 aromatic rings. The second-order valence-electron chi connectivity index (χ2n) is 35.5. The van der Waals surface area contributed by atoms with Gasteiger partial charge in [-0.1, -0.05) is 128 Å². The number of methoxy groups -OCH3 is 2. The largest absolute Gasteiger partial charge is 0.497 e. The fraction of sp³-hybridized carbons (Fsp3) is 0.660. The standard InChI is InChI=1S/C81H118N2O19.2C11H19NO5/c1-9-94-44-20-26-70(87)38-41-80(42-39-71(88)27-21-45-95-10-2,43-40-72(89)28-22-46-96-47-48-97-49-50-98-51-52-99-79-78(82-62(5)85)61(4)60(3)76(102-79)59-100-63(6)86)56-73(90)25-18-13-11-12-14-19-29-77(91)83-69-54-64(57-84)53-65(55-69)58-101-81(66-23-16-15-17-24-66,67-30-34-74(92-7)35-31-67)68-32-36-75(93-8)37-33-68;2*1-6-7(2)10(12-5-13)11(15)17-9(6)4-16-8(3)14/h15-17,23-24,30-37,53-55,60-61,76,78-79,84H,9-14,18-22,25-29,38-52,56-59H2,1-8H3,(H,82,85)(H,83,91);2*5-7,9-11,15H,4H2,1-3H3,(H,12,13). The molecule has 0 aliphatic carbocycles. The molecular formula is C103H156N4O29. The summed E-state index contributed by atoms with van der Waals surface area (Å²) >= 11 is 0. The molecule has 3 aliphatic heterocycles. The smallest absolute Gasteiger partial charge is 0.302 e. The Hall–Kier alpha value is -9.07. The third kappa shape index (κ3) is 42.7. The van der Waals surface area contributed by atoms with Crippen molar-refractivity contribution in [3.63, 3.8) is 0 Å². The van der Waals surface area contributed by atoms with Crippen LogP contribution in [-0.2, 0) is 133 Å². The third-order valence-electron chi connectivity index (χ3n) is 25.6. The highest BCUT2D eigenvalue weighted by molar-refractivity contribution is 5.91. The lowest BCUT2D eigenvalue weighted by Gasteiger charge is -2.44. The number of benzene rings is 4. The van der Waals surface area contributed by atoms with Crippen molar-refractivity contribution in [1.29, 1.82) is 0 Å². The summed E-state index contributed by atoms with van der Waals surface area (Å²) in [5, 5.41) is 40.9. The number of aliphatic hydroxyl groups excluding tert-OH is 3. The van der Waals surface area contributed by atoms with Gasteiger partial charge in [0.2, 0.25) is 24.6 Å². The topological polar surface area (TPSA) is 435 Å². The first-order valence-electron chi connectivity index (χ1n) is 48.3. The molecule has 762 valence electrons. The molecule has 15 atom stereocenters. The van der Waals surface area contributed by atoms with Gasteiger partial charge in [0.15, 0.2) is 18.9 Å². The molecule has 4 amide bonds. The van der Waals surface area contributed by atoms with Gasteiger partial charge in [0.05, 0.1) is 104 Å². The molecule has 33 nitrogen and oxygen atoms in total. The Labute approximate surface area is 803 Å². The predicted molar refractivity (Wildman–Crippen MR) is 508 cm³/mol. The minimum absolute atomic E-state index is 0.00118. The van der Waals surface area contributed by atoms with Gasteiger partial charge in [0.25, 0.3) is 0 Å². The fourth-order valence-electron chi connectivity index (χ4n) is 17.0. The van der Waals surface area contributed by atoms with Gasteiger partial charge in [0.1, 0.15) is 60.1 Å². The van der Waals surface area contributed by atoms with Gasteiger partial charge in [-0.15, -0.1) is 0 Å². The second-order valence-corrected chi connectivity index (χ2v) is 35.5. The number of hydrogen-bond donors (Lipinski definition) is 7. The van der Waals surface area contributed by atoms with Crippen molar-refractivity contribution in [1.82, 2.24) is 16.0 Å². The average molecular weight is 1910 g/mol. The quantitative estimate of drug-likeness (QED) is 0.00709. The summed E-state index contributed by atoms with van der Waals surface area (Å²) in [4.78, 5) is 134. The molecule has 4 aromatic carbocycles. The Morgan fingerprint density at radius 1 is 0.426 bits per heavy atom.